The lowest BCUT2D eigenvalue weighted by Gasteiger charge is -2.28. The third-order valence-electron chi connectivity index (χ3n) is 5.48. The summed E-state index contributed by atoms with van der Waals surface area (Å²) in [4.78, 5) is 0. The maximum absolute atomic E-state index is 6.43. The van der Waals surface area contributed by atoms with Crippen LogP contribution in [0.5, 0.6) is 28.7 Å². The number of hydrogen-bond acceptors (Lipinski definition) is 3. The number of rotatable bonds is 3. The largest absolute Gasteiger partial charge is 0.496 e. The van der Waals surface area contributed by atoms with Crippen molar-refractivity contribution in [3.05, 3.63) is 71.3 Å². The molecule has 4 heteroatoms. The van der Waals surface area contributed by atoms with Gasteiger partial charge in [0.05, 0.1) is 7.11 Å². The molecule has 0 radical (unpaired) electrons. The zero-order chi connectivity index (χ0) is 19.7. The first-order valence-corrected chi connectivity index (χ1v) is 9.85. The van der Waals surface area contributed by atoms with E-state index in [9.17, 15) is 0 Å². The first-order chi connectivity index (χ1) is 13.6. The molecule has 0 unspecified atom stereocenters. The highest BCUT2D eigenvalue weighted by atomic mass is 16.5. The fraction of sp³-hybridized carbons (Fsp3) is 0.250. The number of ether oxygens (including phenoxy) is 3. The van der Waals surface area contributed by atoms with Crippen LogP contribution in [0, 0.1) is 6.92 Å². The van der Waals surface area contributed by atoms with Gasteiger partial charge in [-0.15, -0.1) is 0 Å². The Kier molecular flexibility index (Phi) is 5.04. The fourth-order valence-corrected chi connectivity index (χ4v) is 4.10. The van der Waals surface area contributed by atoms with E-state index in [0.29, 0.717) is 0 Å². The van der Waals surface area contributed by atoms with E-state index in [0.717, 1.165) is 52.6 Å². The number of fused-ring (bicyclic) bond motifs is 4. The molecule has 1 heterocycles. The van der Waals surface area contributed by atoms with Gasteiger partial charge in [0.25, 0.3) is 0 Å². The van der Waals surface area contributed by atoms with Crippen molar-refractivity contribution in [1.82, 2.24) is 0 Å². The van der Waals surface area contributed by atoms with Crippen molar-refractivity contribution in [2.45, 2.75) is 32.6 Å². The molecule has 1 aliphatic heterocycles. The molecule has 0 saturated carbocycles. The van der Waals surface area contributed by atoms with Gasteiger partial charge in [0.15, 0.2) is 0 Å². The molecule has 28 heavy (non-hydrogen) atoms. The summed E-state index contributed by atoms with van der Waals surface area (Å²) in [5.74, 6) is 4.34. The van der Waals surface area contributed by atoms with E-state index >= 15 is 0 Å². The lowest BCUT2D eigenvalue weighted by molar-refractivity contribution is 0.393. The second-order valence-electron chi connectivity index (χ2n) is 7.28. The van der Waals surface area contributed by atoms with E-state index in [2.05, 4.69) is 32.0 Å². The minimum absolute atomic E-state index is 0.122. The summed E-state index contributed by atoms with van der Waals surface area (Å²) in [6, 6.07) is 18.3. The molecule has 1 aliphatic rings. The summed E-state index contributed by atoms with van der Waals surface area (Å²) in [5.41, 5.74) is 4.47. The Balaban J connectivity index is 2.07. The average molecular weight is 372 g/mol. The van der Waals surface area contributed by atoms with Crippen LogP contribution in [0.25, 0.3) is 0 Å². The third-order valence-corrected chi connectivity index (χ3v) is 5.48. The van der Waals surface area contributed by atoms with Crippen LogP contribution in [-0.4, -0.2) is 15.0 Å². The average Bonchev–Trinajstić information content (AvgIpc) is 2.69. The van der Waals surface area contributed by atoms with Gasteiger partial charge in [-0.2, -0.15) is 0 Å². The second-order valence-corrected chi connectivity index (χ2v) is 7.28. The second kappa shape index (κ2) is 7.63. The molecule has 3 nitrogen and oxygen atoms in total. The number of benzene rings is 3. The first-order valence-electron chi connectivity index (χ1n) is 9.85. The van der Waals surface area contributed by atoms with Crippen molar-refractivity contribution in [2.24, 2.45) is 0 Å². The predicted molar refractivity (Wildman–Crippen MR) is 116 cm³/mol. The van der Waals surface area contributed by atoms with E-state index in [-0.39, 0.29) is 5.92 Å². The summed E-state index contributed by atoms with van der Waals surface area (Å²) < 4.78 is 18.6. The highest BCUT2D eigenvalue weighted by Crippen LogP contribution is 2.47. The molecule has 0 saturated heterocycles. The highest BCUT2D eigenvalue weighted by Gasteiger charge is 2.28. The molecule has 0 fully saturated rings. The van der Waals surface area contributed by atoms with E-state index in [1.54, 1.807) is 7.11 Å². The standard InChI is InChI=1S/C24H25BO3/c1-4-8-16-22-15(2)9-5-11-18(22)27-20-13-7-14-21(24(20)25)28-19-12-6-10-17(26-3)23(16)19/h5-7,9-14,16H,4,8,25H2,1-3H3/t16-/m1/s1. The van der Waals surface area contributed by atoms with Gasteiger partial charge in [-0.25, -0.2) is 0 Å². The van der Waals surface area contributed by atoms with Crippen LogP contribution in [0.4, 0.5) is 0 Å². The Morgan fingerprint density at radius 2 is 1.43 bits per heavy atom. The molecule has 0 amide bonds. The topological polar surface area (TPSA) is 27.7 Å². The number of aryl methyl sites for hydroxylation is 1. The number of hydrogen-bond donors (Lipinski definition) is 0. The van der Waals surface area contributed by atoms with Crippen molar-refractivity contribution in [1.29, 1.82) is 0 Å². The molecule has 0 spiro atoms. The van der Waals surface area contributed by atoms with Crippen molar-refractivity contribution in [3.63, 3.8) is 0 Å². The Morgan fingerprint density at radius 1 is 0.857 bits per heavy atom. The van der Waals surface area contributed by atoms with E-state index in [1.165, 1.54) is 11.1 Å². The van der Waals surface area contributed by atoms with E-state index in [4.69, 9.17) is 14.2 Å². The lowest BCUT2D eigenvalue weighted by Crippen LogP contribution is -2.15. The van der Waals surface area contributed by atoms with Gasteiger partial charge in [0.1, 0.15) is 36.6 Å². The van der Waals surface area contributed by atoms with Crippen LogP contribution in [0.3, 0.4) is 0 Å². The monoisotopic (exact) mass is 372 g/mol. The van der Waals surface area contributed by atoms with Crippen LogP contribution in [-0.2, 0) is 0 Å². The third kappa shape index (κ3) is 3.13. The van der Waals surface area contributed by atoms with Crippen LogP contribution in [0.1, 0.15) is 42.4 Å². The molecule has 0 aliphatic carbocycles. The van der Waals surface area contributed by atoms with E-state index < -0.39 is 0 Å². The van der Waals surface area contributed by atoms with Gasteiger partial charge >= 0.3 is 0 Å². The molecule has 3 aromatic rings. The Labute approximate surface area is 167 Å². The predicted octanol–water partition coefficient (Wildman–Crippen LogP) is 5.09. The maximum atomic E-state index is 6.43. The quantitative estimate of drug-likeness (QED) is 0.600. The zero-order valence-corrected chi connectivity index (χ0v) is 16.9. The summed E-state index contributed by atoms with van der Waals surface area (Å²) >= 11 is 0. The van der Waals surface area contributed by atoms with Crippen molar-refractivity contribution >= 4 is 13.3 Å². The van der Waals surface area contributed by atoms with E-state index in [1.807, 2.05) is 44.2 Å². The zero-order valence-electron chi connectivity index (χ0n) is 16.9. The molecule has 1 atom stereocenters. The van der Waals surface area contributed by atoms with Crippen LogP contribution < -0.4 is 19.7 Å². The van der Waals surface area contributed by atoms with Crippen LogP contribution in [0.15, 0.2) is 54.6 Å². The Morgan fingerprint density at radius 3 is 2.07 bits per heavy atom. The van der Waals surface area contributed by atoms with Gasteiger partial charge in [0.2, 0.25) is 0 Å². The molecular formula is C24H25BO3. The Bertz CT molecular complexity index is 1010. The van der Waals surface area contributed by atoms with Crippen LogP contribution >= 0.6 is 0 Å². The minimum Gasteiger partial charge on any atom is -0.496 e. The summed E-state index contributed by atoms with van der Waals surface area (Å²) in [6.07, 6.45) is 2.02. The molecular weight excluding hydrogens is 347 g/mol. The van der Waals surface area contributed by atoms with Gasteiger partial charge in [-0.3, -0.25) is 0 Å². The first kappa shape index (κ1) is 18.5. The summed E-state index contributed by atoms with van der Waals surface area (Å²) in [6.45, 7) is 4.36. The smallest absolute Gasteiger partial charge is 0.149 e. The Hall–Kier alpha value is -2.88. The molecule has 142 valence electrons. The van der Waals surface area contributed by atoms with Crippen LogP contribution in [0.2, 0.25) is 0 Å². The van der Waals surface area contributed by atoms with Gasteiger partial charge in [0, 0.05) is 17.0 Å². The van der Waals surface area contributed by atoms with Crippen molar-refractivity contribution < 1.29 is 14.2 Å². The number of methoxy groups -OCH3 is 1. The SMILES string of the molecule is Bc1c2cccc1Oc1cccc(OC)c1[C@H](CCC)c1c(C)cccc1O2. The maximum Gasteiger partial charge on any atom is 0.149 e. The molecule has 4 rings (SSSR count). The normalized spacial score (nSPS) is 14.9. The van der Waals surface area contributed by atoms with Gasteiger partial charge in [-0.1, -0.05) is 37.6 Å². The lowest BCUT2D eigenvalue weighted by atomic mass is 9.83. The molecule has 0 aromatic heterocycles. The molecule has 2 bridgehead atoms. The van der Waals surface area contributed by atoms with Gasteiger partial charge < -0.3 is 14.2 Å². The summed E-state index contributed by atoms with van der Waals surface area (Å²) in [5, 5.41) is 0. The summed E-state index contributed by atoms with van der Waals surface area (Å²) in [7, 11) is 3.75. The molecule has 0 N–H and O–H groups in total. The van der Waals surface area contributed by atoms with Crippen molar-refractivity contribution in [3.8, 4) is 28.7 Å². The van der Waals surface area contributed by atoms with Crippen molar-refractivity contribution in [2.75, 3.05) is 7.11 Å². The fourth-order valence-electron chi connectivity index (χ4n) is 4.10. The minimum atomic E-state index is 0.122. The molecule has 3 aromatic carbocycles. The van der Waals surface area contributed by atoms with Gasteiger partial charge in [-0.05, 0) is 54.7 Å². The highest BCUT2D eigenvalue weighted by molar-refractivity contribution is 6.36.